The Kier molecular flexibility index (Phi) is 4.32. The lowest BCUT2D eigenvalue weighted by atomic mass is 9.89. The summed E-state index contributed by atoms with van der Waals surface area (Å²) in [5.74, 6) is 0.587. The van der Waals surface area contributed by atoms with Crippen molar-refractivity contribution in [2.75, 3.05) is 38.8 Å². The van der Waals surface area contributed by atoms with E-state index in [0.717, 1.165) is 17.1 Å². The molecular formula is C16H22FN5O. The Balaban J connectivity index is 1.99. The number of morpholine rings is 1. The maximum Gasteiger partial charge on any atom is 0.176 e. The number of hydrogen-bond donors (Lipinski definition) is 1. The van der Waals surface area contributed by atoms with Gasteiger partial charge in [0.15, 0.2) is 5.82 Å². The van der Waals surface area contributed by atoms with E-state index in [-0.39, 0.29) is 5.82 Å². The molecule has 124 valence electrons. The van der Waals surface area contributed by atoms with Crippen LogP contribution in [-0.4, -0.2) is 54.2 Å². The SMILES string of the molecule is CN(C)Cc1n[nH]nc1N1CCOC[C@]1(C)c1ccc(F)cc1. The van der Waals surface area contributed by atoms with Gasteiger partial charge in [-0.2, -0.15) is 10.3 Å². The first kappa shape index (κ1) is 15.9. The summed E-state index contributed by atoms with van der Waals surface area (Å²) in [5, 5.41) is 11.4. The molecule has 0 aliphatic carbocycles. The van der Waals surface area contributed by atoms with Crippen molar-refractivity contribution < 1.29 is 9.13 Å². The zero-order chi connectivity index (χ0) is 16.4. The fraction of sp³-hybridized carbons (Fsp3) is 0.500. The Morgan fingerprint density at radius 2 is 2.04 bits per heavy atom. The van der Waals surface area contributed by atoms with Gasteiger partial charge >= 0.3 is 0 Å². The molecule has 1 fully saturated rings. The molecule has 1 aromatic heterocycles. The molecule has 1 atom stereocenters. The van der Waals surface area contributed by atoms with Gasteiger partial charge in [0.25, 0.3) is 0 Å². The van der Waals surface area contributed by atoms with Crippen LogP contribution in [0, 0.1) is 5.82 Å². The average molecular weight is 319 g/mol. The average Bonchev–Trinajstić information content (AvgIpc) is 2.95. The summed E-state index contributed by atoms with van der Waals surface area (Å²) in [5.41, 5.74) is 1.48. The van der Waals surface area contributed by atoms with Crippen molar-refractivity contribution in [3.05, 3.63) is 41.3 Å². The molecule has 0 saturated carbocycles. The molecule has 1 N–H and O–H groups in total. The number of halogens is 1. The fourth-order valence-electron chi connectivity index (χ4n) is 3.01. The van der Waals surface area contributed by atoms with Crippen LogP contribution in [0.4, 0.5) is 10.2 Å². The minimum absolute atomic E-state index is 0.240. The highest BCUT2D eigenvalue weighted by molar-refractivity contribution is 5.49. The van der Waals surface area contributed by atoms with Gasteiger partial charge in [0.05, 0.1) is 18.8 Å². The first-order chi connectivity index (χ1) is 11.0. The molecule has 0 spiro atoms. The van der Waals surface area contributed by atoms with Crippen molar-refractivity contribution >= 4 is 5.82 Å². The zero-order valence-electron chi connectivity index (χ0n) is 13.7. The molecule has 1 saturated heterocycles. The second-order valence-electron chi connectivity index (χ2n) is 6.32. The van der Waals surface area contributed by atoms with Gasteiger partial charge in [0.1, 0.15) is 11.5 Å². The van der Waals surface area contributed by atoms with Gasteiger partial charge in [-0.15, -0.1) is 5.10 Å². The predicted molar refractivity (Wildman–Crippen MR) is 85.7 cm³/mol. The summed E-state index contributed by atoms with van der Waals surface area (Å²) >= 11 is 0. The van der Waals surface area contributed by atoms with Crippen LogP contribution in [0.25, 0.3) is 0 Å². The normalized spacial score (nSPS) is 21.9. The van der Waals surface area contributed by atoms with Gasteiger partial charge in [0.2, 0.25) is 0 Å². The summed E-state index contributed by atoms with van der Waals surface area (Å²) in [6, 6.07) is 6.58. The van der Waals surface area contributed by atoms with Crippen molar-refractivity contribution in [2.24, 2.45) is 0 Å². The lowest BCUT2D eigenvalue weighted by Crippen LogP contribution is -2.53. The van der Waals surface area contributed by atoms with Crippen LogP contribution in [-0.2, 0) is 16.8 Å². The number of hydrogen-bond acceptors (Lipinski definition) is 5. The molecule has 0 amide bonds. The van der Waals surface area contributed by atoms with E-state index in [1.165, 1.54) is 12.1 Å². The smallest absolute Gasteiger partial charge is 0.176 e. The third-order valence-electron chi connectivity index (χ3n) is 4.22. The summed E-state index contributed by atoms with van der Waals surface area (Å²) in [6.07, 6.45) is 0. The van der Waals surface area contributed by atoms with Crippen LogP contribution in [0.15, 0.2) is 24.3 Å². The zero-order valence-corrected chi connectivity index (χ0v) is 13.7. The fourth-order valence-corrected chi connectivity index (χ4v) is 3.01. The van der Waals surface area contributed by atoms with Gasteiger partial charge in [0, 0.05) is 13.1 Å². The molecule has 23 heavy (non-hydrogen) atoms. The standard InChI is InChI=1S/C16H22FN5O/c1-16(12-4-6-13(17)7-5-12)11-23-9-8-22(16)15-14(10-21(2)3)18-20-19-15/h4-7H,8-11H2,1-3H3,(H,18,19,20)/t16-/m1/s1. The molecule has 7 heteroatoms. The maximum absolute atomic E-state index is 13.3. The van der Waals surface area contributed by atoms with E-state index in [1.54, 1.807) is 0 Å². The van der Waals surface area contributed by atoms with E-state index in [4.69, 9.17) is 4.74 Å². The van der Waals surface area contributed by atoms with E-state index in [0.29, 0.717) is 26.3 Å². The summed E-state index contributed by atoms with van der Waals surface area (Å²) < 4.78 is 19.0. The van der Waals surface area contributed by atoms with Crippen molar-refractivity contribution in [1.29, 1.82) is 0 Å². The first-order valence-corrected chi connectivity index (χ1v) is 7.66. The monoisotopic (exact) mass is 319 g/mol. The lowest BCUT2D eigenvalue weighted by Gasteiger charge is -2.45. The first-order valence-electron chi connectivity index (χ1n) is 7.66. The molecular weight excluding hydrogens is 297 g/mol. The lowest BCUT2D eigenvalue weighted by molar-refractivity contribution is 0.0552. The summed E-state index contributed by atoms with van der Waals surface area (Å²) in [7, 11) is 3.99. The Bertz CT molecular complexity index is 657. The van der Waals surface area contributed by atoms with Crippen molar-refractivity contribution in [3.63, 3.8) is 0 Å². The van der Waals surface area contributed by atoms with Crippen LogP contribution in [0.3, 0.4) is 0 Å². The molecule has 2 aromatic rings. The van der Waals surface area contributed by atoms with Gasteiger partial charge in [-0.05, 0) is 38.7 Å². The molecule has 1 aliphatic heterocycles. The summed E-state index contributed by atoms with van der Waals surface area (Å²) in [6.45, 7) is 4.65. The second-order valence-corrected chi connectivity index (χ2v) is 6.32. The van der Waals surface area contributed by atoms with Crippen LogP contribution >= 0.6 is 0 Å². The molecule has 1 aliphatic rings. The number of aromatic amines is 1. The third kappa shape index (κ3) is 3.07. The highest BCUT2D eigenvalue weighted by Gasteiger charge is 2.39. The Morgan fingerprint density at radius 1 is 1.30 bits per heavy atom. The maximum atomic E-state index is 13.3. The second kappa shape index (κ2) is 6.25. The van der Waals surface area contributed by atoms with Gasteiger partial charge in [-0.25, -0.2) is 4.39 Å². The van der Waals surface area contributed by atoms with Crippen LogP contribution in [0.2, 0.25) is 0 Å². The van der Waals surface area contributed by atoms with E-state index < -0.39 is 5.54 Å². The quantitative estimate of drug-likeness (QED) is 0.930. The minimum Gasteiger partial charge on any atom is -0.377 e. The Hall–Kier alpha value is -1.99. The van der Waals surface area contributed by atoms with Crippen molar-refractivity contribution in [1.82, 2.24) is 20.3 Å². The Labute approximate surface area is 135 Å². The van der Waals surface area contributed by atoms with E-state index in [1.807, 2.05) is 26.2 Å². The van der Waals surface area contributed by atoms with Gasteiger partial charge in [-0.1, -0.05) is 12.1 Å². The molecule has 2 heterocycles. The topological polar surface area (TPSA) is 57.3 Å². The largest absolute Gasteiger partial charge is 0.377 e. The molecule has 1 aromatic carbocycles. The van der Waals surface area contributed by atoms with Crippen LogP contribution < -0.4 is 4.90 Å². The molecule has 0 radical (unpaired) electrons. The van der Waals surface area contributed by atoms with Crippen molar-refractivity contribution in [3.8, 4) is 0 Å². The number of H-pyrrole nitrogens is 1. The third-order valence-corrected chi connectivity index (χ3v) is 4.22. The number of ether oxygens (including phenoxy) is 1. The number of rotatable bonds is 4. The molecule has 0 bridgehead atoms. The highest BCUT2D eigenvalue weighted by atomic mass is 19.1. The number of nitrogens with one attached hydrogen (secondary N) is 1. The van der Waals surface area contributed by atoms with E-state index in [9.17, 15) is 4.39 Å². The summed E-state index contributed by atoms with van der Waals surface area (Å²) in [4.78, 5) is 4.25. The van der Waals surface area contributed by atoms with Gasteiger partial charge < -0.3 is 14.5 Å². The number of benzene rings is 1. The predicted octanol–water partition coefficient (Wildman–Crippen LogP) is 1.76. The molecule has 0 unspecified atom stereocenters. The van der Waals surface area contributed by atoms with E-state index >= 15 is 0 Å². The number of anilines is 1. The minimum atomic E-state index is -0.413. The van der Waals surface area contributed by atoms with Crippen molar-refractivity contribution in [2.45, 2.75) is 19.0 Å². The van der Waals surface area contributed by atoms with Crippen LogP contribution in [0.5, 0.6) is 0 Å². The Morgan fingerprint density at radius 3 is 2.74 bits per heavy atom. The number of aromatic nitrogens is 3. The van der Waals surface area contributed by atoms with Crippen LogP contribution in [0.1, 0.15) is 18.2 Å². The van der Waals surface area contributed by atoms with E-state index in [2.05, 4.69) is 32.1 Å². The highest BCUT2D eigenvalue weighted by Crippen LogP contribution is 2.35. The molecule has 3 rings (SSSR count). The van der Waals surface area contributed by atoms with Gasteiger partial charge in [-0.3, -0.25) is 0 Å². The number of nitrogens with zero attached hydrogens (tertiary/aromatic N) is 4. The molecule has 6 nitrogen and oxygen atoms in total.